The first kappa shape index (κ1) is 17.8. The Morgan fingerprint density at radius 1 is 1.25 bits per heavy atom. The number of amides is 1. The van der Waals surface area contributed by atoms with Crippen LogP contribution in [-0.2, 0) is 0 Å². The van der Waals surface area contributed by atoms with E-state index in [4.69, 9.17) is 4.52 Å². The fraction of sp³-hybridized carbons (Fsp3) is 0.263. The Morgan fingerprint density at radius 2 is 2.11 bits per heavy atom. The van der Waals surface area contributed by atoms with Crippen molar-refractivity contribution in [1.82, 2.24) is 20.0 Å². The van der Waals surface area contributed by atoms with Crippen molar-refractivity contribution in [3.05, 3.63) is 70.4 Å². The molecule has 4 rings (SSSR count). The summed E-state index contributed by atoms with van der Waals surface area (Å²) in [7, 11) is 0. The number of carbonyl (C=O) groups excluding carboxylic acids is 1. The SMILES string of the molecule is O=C(c1ccccc1[N+](=O)[O-])N1CCCC(c2nc(-c3cccnc3)no2)C1. The van der Waals surface area contributed by atoms with E-state index < -0.39 is 4.92 Å². The van der Waals surface area contributed by atoms with Crippen LogP contribution in [0.15, 0.2) is 53.3 Å². The lowest BCUT2D eigenvalue weighted by atomic mass is 9.97. The molecule has 1 fully saturated rings. The number of aromatic nitrogens is 3. The molecular formula is C19H17N5O4. The molecule has 1 aliphatic rings. The van der Waals surface area contributed by atoms with Crippen molar-refractivity contribution in [3.8, 4) is 11.4 Å². The Bertz CT molecular complexity index is 1000. The summed E-state index contributed by atoms with van der Waals surface area (Å²) in [5.41, 5.74) is 0.655. The van der Waals surface area contributed by atoms with Gasteiger partial charge in [-0.25, -0.2) is 0 Å². The number of nitro groups is 1. The second-order valence-corrected chi connectivity index (χ2v) is 6.56. The number of pyridine rings is 1. The smallest absolute Gasteiger partial charge is 0.282 e. The van der Waals surface area contributed by atoms with Crippen molar-refractivity contribution in [1.29, 1.82) is 0 Å². The largest absolute Gasteiger partial charge is 0.339 e. The van der Waals surface area contributed by atoms with Gasteiger partial charge in [-0.1, -0.05) is 17.3 Å². The molecule has 0 radical (unpaired) electrons. The van der Waals surface area contributed by atoms with Crippen LogP contribution in [0, 0.1) is 10.1 Å². The van der Waals surface area contributed by atoms with Crippen molar-refractivity contribution < 1.29 is 14.2 Å². The van der Waals surface area contributed by atoms with Gasteiger partial charge in [-0.3, -0.25) is 19.9 Å². The van der Waals surface area contributed by atoms with Crippen LogP contribution in [0.4, 0.5) is 5.69 Å². The summed E-state index contributed by atoms with van der Waals surface area (Å²) >= 11 is 0. The molecule has 0 bridgehead atoms. The van der Waals surface area contributed by atoms with Crippen molar-refractivity contribution >= 4 is 11.6 Å². The summed E-state index contributed by atoms with van der Waals surface area (Å²) in [5, 5.41) is 15.2. The highest BCUT2D eigenvalue weighted by Crippen LogP contribution is 2.29. The van der Waals surface area contributed by atoms with E-state index in [9.17, 15) is 14.9 Å². The molecule has 1 aliphatic heterocycles. The number of hydrogen-bond acceptors (Lipinski definition) is 7. The van der Waals surface area contributed by atoms with Gasteiger partial charge in [0.25, 0.3) is 11.6 Å². The van der Waals surface area contributed by atoms with Gasteiger partial charge in [-0.05, 0) is 31.0 Å². The van der Waals surface area contributed by atoms with Crippen LogP contribution in [0.2, 0.25) is 0 Å². The first-order chi connectivity index (χ1) is 13.6. The van der Waals surface area contributed by atoms with Crippen molar-refractivity contribution in [2.75, 3.05) is 13.1 Å². The number of hydrogen-bond donors (Lipinski definition) is 0. The summed E-state index contributed by atoms with van der Waals surface area (Å²) < 4.78 is 5.42. The Hall–Kier alpha value is -3.62. The Kier molecular flexibility index (Phi) is 4.79. The average molecular weight is 379 g/mol. The van der Waals surface area contributed by atoms with Crippen LogP contribution in [-0.4, -0.2) is 43.9 Å². The van der Waals surface area contributed by atoms with E-state index in [1.807, 2.05) is 6.07 Å². The highest BCUT2D eigenvalue weighted by Gasteiger charge is 2.31. The van der Waals surface area contributed by atoms with Crippen LogP contribution in [0.5, 0.6) is 0 Å². The topological polar surface area (TPSA) is 115 Å². The van der Waals surface area contributed by atoms with Gasteiger partial charge < -0.3 is 9.42 Å². The van der Waals surface area contributed by atoms with Gasteiger partial charge in [-0.15, -0.1) is 0 Å². The van der Waals surface area contributed by atoms with E-state index in [-0.39, 0.29) is 23.1 Å². The number of likely N-dealkylation sites (tertiary alicyclic amines) is 1. The minimum Gasteiger partial charge on any atom is -0.339 e. The second-order valence-electron chi connectivity index (χ2n) is 6.56. The lowest BCUT2D eigenvalue weighted by molar-refractivity contribution is -0.385. The Morgan fingerprint density at radius 3 is 2.89 bits per heavy atom. The van der Waals surface area contributed by atoms with Crippen LogP contribution in [0.25, 0.3) is 11.4 Å². The van der Waals surface area contributed by atoms with E-state index in [2.05, 4.69) is 15.1 Å². The van der Waals surface area contributed by atoms with Crippen LogP contribution >= 0.6 is 0 Å². The number of carbonyl (C=O) groups is 1. The molecule has 0 saturated carbocycles. The van der Waals surface area contributed by atoms with Gasteiger partial charge in [0.2, 0.25) is 11.7 Å². The fourth-order valence-corrected chi connectivity index (χ4v) is 3.36. The summed E-state index contributed by atoms with van der Waals surface area (Å²) in [4.78, 5) is 33.7. The van der Waals surface area contributed by atoms with Gasteiger partial charge in [-0.2, -0.15) is 4.98 Å². The number of nitrogens with zero attached hydrogens (tertiary/aromatic N) is 5. The Balaban J connectivity index is 1.53. The normalized spacial score (nSPS) is 16.7. The maximum atomic E-state index is 12.9. The molecule has 0 N–H and O–H groups in total. The lowest BCUT2D eigenvalue weighted by Gasteiger charge is -2.30. The maximum Gasteiger partial charge on any atom is 0.282 e. The third kappa shape index (κ3) is 3.46. The molecule has 3 heterocycles. The molecule has 1 unspecified atom stereocenters. The molecule has 2 aromatic heterocycles. The third-order valence-electron chi connectivity index (χ3n) is 4.75. The molecule has 1 saturated heterocycles. The molecule has 142 valence electrons. The first-order valence-electron chi connectivity index (χ1n) is 8.90. The summed E-state index contributed by atoms with van der Waals surface area (Å²) in [6.45, 7) is 0.907. The quantitative estimate of drug-likeness (QED) is 0.505. The summed E-state index contributed by atoms with van der Waals surface area (Å²) in [6, 6.07) is 9.63. The van der Waals surface area contributed by atoms with E-state index in [1.54, 1.807) is 35.5 Å². The minimum atomic E-state index is -0.535. The molecule has 0 spiro atoms. The van der Waals surface area contributed by atoms with E-state index in [0.717, 1.165) is 18.4 Å². The molecule has 9 heteroatoms. The molecule has 3 aromatic rings. The number of nitro benzene ring substituents is 1. The maximum absolute atomic E-state index is 12.9. The first-order valence-corrected chi connectivity index (χ1v) is 8.90. The monoisotopic (exact) mass is 379 g/mol. The van der Waals surface area contributed by atoms with Gasteiger partial charge >= 0.3 is 0 Å². The minimum absolute atomic E-state index is 0.0923. The van der Waals surface area contributed by atoms with E-state index >= 15 is 0 Å². The standard InChI is InChI=1S/C19H17N5O4/c25-19(15-7-1-2-8-16(15)24(26)27)23-10-4-6-14(12-23)18-21-17(22-28-18)13-5-3-9-20-11-13/h1-3,5,7-9,11,14H,4,6,10,12H2. The highest BCUT2D eigenvalue weighted by molar-refractivity contribution is 5.98. The number of benzene rings is 1. The molecule has 1 amide bonds. The van der Waals surface area contributed by atoms with Crippen LogP contribution in [0.1, 0.15) is 35.0 Å². The summed E-state index contributed by atoms with van der Waals surface area (Å²) in [5.74, 6) is 0.437. The Labute approximate surface area is 160 Å². The van der Waals surface area contributed by atoms with Crippen LogP contribution in [0.3, 0.4) is 0 Å². The van der Waals surface area contributed by atoms with E-state index in [0.29, 0.717) is 24.8 Å². The third-order valence-corrected chi connectivity index (χ3v) is 4.75. The zero-order valence-corrected chi connectivity index (χ0v) is 14.9. The highest BCUT2D eigenvalue weighted by atomic mass is 16.6. The molecule has 1 aromatic carbocycles. The number of piperidine rings is 1. The number of rotatable bonds is 4. The van der Waals surface area contributed by atoms with Crippen molar-refractivity contribution in [2.45, 2.75) is 18.8 Å². The van der Waals surface area contributed by atoms with Gasteiger partial charge in [0.15, 0.2) is 0 Å². The van der Waals surface area contributed by atoms with Crippen molar-refractivity contribution in [3.63, 3.8) is 0 Å². The molecule has 1 atom stereocenters. The van der Waals surface area contributed by atoms with Crippen LogP contribution < -0.4 is 0 Å². The fourth-order valence-electron chi connectivity index (χ4n) is 3.36. The second kappa shape index (κ2) is 7.55. The zero-order valence-electron chi connectivity index (χ0n) is 14.9. The van der Waals surface area contributed by atoms with Gasteiger partial charge in [0, 0.05) is 37.1 Å². The lowest BCUT2D eigenvalue weighted by Crippen LogP contribution is -2.39. The molecule has 0 aliphatic carbocycles. The molecular weight excluding hydrogens is 362 g/mol. The summed E-state index contributed by atoms with van der Waals surface area (Å²) in [6.07, 6.45) is 4.87. The predicted molar refractivity (Wildman–Crippen MR) is 98.5 cm³/mol. The van der Waals surface area contributed by atoms with E-state index in [1.165, 1.54) is 12.1 Å². The average Bonchev–Trinajstić information content (AvgIpc) is 3.24. The van der Waals surface area contributed by atoms with Crippen molar-refractivity contribution in [2.24, 2.45) is 0 Å². The predicted octanol–water partition coefficient (Wildman–Crippen LogP) is 3.06. The number of para-hydroxylation sites is 1. The zero-order chi connectivity index (χ0) is 19.5. The van der Waals surface area contributed by atoms with Gasteiger partial charge in [0.1, 0.15) is 5.56 Å². The van der Waals surface area contributed by atoms with Gasteiger partial charge in [0.05, 0.1) is 10.8 Å². The molecule has 9 nitrogen and oxygen atoms in total. The molecule has 28 heavy (non-hydrogen) atoms.